The summed E-state index contributed by atoms with van der Waals surface area (Å²) in [7, 11) is 4.40. The summed E-state index contributed by atoms with van der Waals surface area (Å²) in [5.41, 5.74) is 1.23. The van der Waals surface area contributed by atoms with E-state index in [4.69, 9.17) is 32.0 Å². The van der Waals surface area contributed by atoms with Gasteiger partial charge in [-0.25, -0.2) is 9.59 Å². The van der Waals surface area contributed by atoms with Crippen molar-refractivity contribution in [2.75, 3.05) is 33.7 Å². The van der Waals surface area contributed by atoms with Crippen LogP contribution >= 0.6 is 11.6 Å². The molecule has 12 nitrogen and oxygen atoms in total. The second kappa shape index (κ2) is 15.8. The second-order valence-electron chi connectivity index (χ2n) is 13.1. The summed E-state index contributed by atoms with van der Waals surface area (Å²) in [5.74, 6) is -4.01. The summed E-state index contributed by atoms with van der Waals surface area (Å²) in [6, 6.07) is 17.0. The van der Waals surface area contributed by atoms with E-state index in [0.717, 1.165) is 68.7 Å². The van der Waals surface area contributed by atoms with Crippen LogP contribution in [0.2, 0.25) is 5.02 Å². The first-order valence-corrected chi connectivity index (χ1v) is 16.5. The largest absolute Gasteiger partial charge is 0.481 e. The van der Waals surface area contributed by atoms with Crippen LogP contribution in [-0.2, 0) is 19.9 Å². The summed E-state index contributed by atoms with van der Waals surface area (Å²) in [4.78, 5) is 51.2. The number of aromatic amines is 1. The molecule has 1 aliphatic heterocycles. The molecule has 2 heterocycles. The SMILES string of the molecule is CN(C)C1(c2ccccc2)CCC(CNC(=O)N2CCC(c3c[nH]c4ccc(Cl)cc34)CC2)CC1.O=C(O)CC(O)(CC(=O)O)C(=O)O. The number of halogens is 1. The molecule has 2 fully saturated rings. The third-order valence-electron chi connectivity index (χ3n) is 9.82. The number of amides is 2. The Morgan fingerprint density at radius 1 is 0.958 bits per heavy atom. The minimum atomic E-state index is -2.74. The van der Waals surface area contributed by atoms with Crippen LogP contribution in [0.3, 0.4) is 0 Å². The number of piperidine rings is 1. The van der Waals surface area contributed by atoms with E-state index in [1.807, 2.05) is 17.0 Å². The molecule has 1 aliphatic carbocycles. The number of carboxylic acids is 3. The van der Waals surface area contributed by atoms with Crippen molar-refractivity contribution in [2.24, 2.45) is 5.92 Å². The Morgan fingerprint density at radius 3 is 2.10 bits per heavy atom. The Labute approximate surface area is 284 Å². The van der Waals surface area contributed by atoms with Gasteiger partial charge in [-0.1, -0.05) is 41.9 Å². The fraction of sp³-hybridized carbons (Fsp3) is 0.486. The Morgan fingerprint density at radius 2 is 1.56 bits per heavy atom. The fourth-order valence-electron chi connectivity index (χ4n) is 7.01. The summed E-state index contributed by atoms with van der Waals surface area (Å²) in [6.07, 6.45) is 6.33. The van der Waals surface area contributed by atoms with E-state index >= 15 is 0 Å². The number of aliphatic carboxylic acids is 3. The van der Waals surface area contributed by atoms with E-state index in [0.29, 0.717) is 11.8 Å². The van der Waals surface area contributed by atoms with Crippen molar-refractivity contribution in [3.8, 4) is 0 Å². The van der Waals surface area contributed by atoms with Gasteiger partial charge < -0.3 is 35.6 Å². The molecule has 1 aromatic heterocycles. The molecule has 0 bridgehead atoms. The minimum Gasteiger partial charge on any atom is -0.481 e. The van der Waals surface area contributed by atoms with Gasteiger partial charge >= 0.3 is 23.9 Å². The molecule has 0 atom stereocenters. The van der Waals surface area contributed by atoms with Crippen molar-refractivity contribution < 1.29 is 39.6 Å². The first-order valence-electron chi connectivity index (χ1n) is 16.2. The molecule has 5 rings (SSSR count). The van der Waals surface area contributed by atoms with Crippen molar-refractivity contribution in [3.63, 3.8) is 0 Å². The number of H-pyrrole nitrogens is 1. The molecule has 6 N–H and O–H groups in total. The van der Waals surface area contributed by atoms with Crippen LogP contribution in [0.1, 0.15) is 68.4 Å². The van der Waals surface area contributed by atoms with Gasteiger partial charge in [0.1, 0.15) is 0 Å². The number of carboxylic acid groups (broad SMARTS) is 3. The molecule has 48 heavy (non-hydrogen) atoms. The monoisotopic (exact) mass is 684 g/mol. The number of aromatic nitrogens is 1. The predicted octanol–water partition coefficient (Wildman–Crippen LogP) is 5.11. The number of hydrogen-bond acceptors (Lipinski definition) is 6. The summed E-state index contributed by atoms with van der Waals surface area (Å²) >= 11 is 6.23. The molecule has 2 aliphatic rings. The molecule has 2 aromatic carbocycles. The van der Waals surface area contributed by atoms with E-state index < -0.39 is 36.4 Å². The molecule has 13 heteroatoms. The standard InChI is InChI=1S/C29H37ClN4O.C6H8O7/c1-33(2)29(23-6-4-3-5-7-23)14-10-21(11-15-29)19-32-28(35)34-16-12-22(13-17-34)26-20-31-27-9-8-24(30)18-25(26)27;7-3(8)1-6(13,5(11)12)2-4(9)10/h3-9,18,20-22,31H,10-17,19H2,1-2H3,(H,32,35);13H,1-2H2,(H,7,8)(H,9,10)(H,11,12). The summed E-state index contributed by atoms with van der Waals surface area (Å²) in [6.45, 7) is 2.37. The number of likely N-dealkylation sites (tertiary alicyclic amines) is 1. The highest BCUT2D eigenvalue weighted by Crippen LogP contribution is 2.43. The normalized spacial score (nSPS) is 20.2. The maximum Gasteiger partial charge on any atom is 0.336 e. The van der Waals surface area contributed by atoms with E-state index in [9.17, 15) is 19.2 Å². The predicted molar refractivity (Wildman–Crippen MR) is 181 cm³/mol. The Balaban J connectivity index is 0.000000341. The van der Waals surface area contributed by atoms with Crippen LogP contribution < -0.4 is 5.32 Å². The number of nitrogens with zero attached hydrogens (tertiary/aromatic N) is 2. The van der Waals surface area contributed by atoms with Crippen molar-refractivity contribution >= 4 is 46.4 Å². The van der Waals surface area contributed by atoms with Gasteiger partial charge in [0.15, 0.2) is 5.60 Å². The molecule has 260 valence electrons. The van der Waals surface area contributed by atoms with Crippen molar-refractivity contribution in [1.29, 1.82) is 0 Å². The minimum absolute atomic E-state index is 0.0953. The van der Waals surface area contributed by atoms with Gasteiger partial charge in [0, 0.05) is 47.3 Å². The number of urea groups is 1. The second-order valence-corrected chi connectivity index (χ2v) is 13.5. The van der Waals surface area contributed by atoms with Crippen molar-refractivity contribution in [3.05, 3.63) is 70.9 Å². The molecule has 0 radical (unpaired) electrons. The molecule has 1 saturated carbocycles. The van der Waals surface area contributed by atoms with Crippen molar-refractivity contribution in [2.45, 2.75) is 68.4 Å². The first kappa shape index (κ1) is 36.7. The Kier molecular flexibility index (Phi) is 12.1. The van der Waals surface area contributed by atoms with Crippen LogP contribution in [0.4, 0.5) is 4.79 Å². The average Bonchev–Trinajstić information content (AvgIpc) is 3.47. The lowest BCUT2D eigenvalue weighted by molar-refractivity contribution is -0.170. The van der Waals surface area contributed by atoms with Crippen molar-refractivity contribution in [1.82, 2.24) is 20.1 Å². The molecule has 0 unspecified atom stereocenters. The van der Waals surface area contributed by atoms with Gasteiger partial charge in [-0.15, -0.1) is 0 Å². The molecule has 1 saturated heterocycles. The highest BCUT2D eigenvalue weighted by Gasteiger charge is 2.41. The third-order valence-corrected chi connectivity index (χ3v) is 10.1. The quantitative estimate of drug-likeness (QED) is 0.169. The number of benzene rings is 2. The Bertz CT molecular complexity index is 1560. The number of carbonyl (C=O) groups is 4. The van der Waals surface area contributed by atoms with Crippen LogP contribution in [-0.4, -0.2) is 98.5 Å². The summed E-state index contributed by atoms with van der Waals surface area (Å²) in [5, 5.41) is 39.0. The maximum absolute atomic E-state index is 12.9. The van der Waals surface area contributed by atoms with Crippen LogP contribution in [0.5, 0.6) is 0 Å². The lowest BCUT2D eigenvalue weighted by Crippen LogP contribution is -2.48. The zero-order valence-corrected chi connectivity index (χ0v) is 28.1. The van der Waals surface area contributed by atoms with Crippen LogP contribution in [0.15, 0.2) is 54.7 Å². The molecule has 2 amide bonds. The molecule has 3 aromatic rings. The average molecular weight is 685 g/mol. The number of carbonyl (C=O) groups excluding carboxylic acids is 1. The van der Waals surface area contributed by atoms with Gasteiger partial charge in [0.2, 0.25) is 0 Å². The van der Waals surface area contributed by atoms with E-state index in [1.54, 1.807) is 0 Å². The highest BCUT2D eigenvalue weighted by atomic mass is 35.5. The maximum atomic E-state index is 12.9. The lowest BCUT2D eigenvalue weighted by atomic mass is 9.72. The zero-order valence-electron chi connectivity index (χ0n) is 27.3. The lowest BCUT2D eigenvalue weighted by Gasteiger charge is -2.45. The van der Waals surface area contributed by atoms with Crippen LogP contribution in [0.25, 0.3) is 10.9 Å². The smallest absolute Gasteiger partial charge is 0.336 e. The van der Waals surface area contributed by atoms with Gasteiger partial charge in [-0.05, 0) is 93.8 Å². The number of nitrogens with one attached hydrogen (secondary N) is 2. The number of rotatable bonds is 10. The van der Waals surface area contributed by atoms with Crippen LogP contribution in [0, 0.1) is 5.92 Å². The van der Waals surface area contributed by atoms with E-state index in [2.05, 4.69) is 71.9 Å². The molecular weight excluding hydrogens is 640 g/mol. The van der Waals surface area contributed by atoms with Gasteiger partial charge in [0.25, 0.3) is 0 Å². The molecular formula is C35H45ClN4O8. The number of hydrogen-bond donors (Lipinski definition) is 6. The van der Waals surface area contributed by atoms with E-state index in [1.165, 1.54) is 16.5 Å². The number of fused-ring (bicyclic) bond motifs is 1. The van der Waals surface area contributed by atoms with E-state index in [-0.39, 0.29) is 11.6 Å². The zero-order chi connectivity index (χ0) is 35.1. The van der Waals surface area contributed by atoms with Gasteiger partial charge in [-0.3, -0.25) is 14.5 Å². The number of aliphatic hydroxyl groups is 1. The first-order chi connectivity index (χ1) is 22.7. The topological polar surface area (TPSA) is 183 Å². The highest BCUT2D eigenvalue weighted by molar-refractivity contribution is 6.31. The Hall–Kier alpha value is -4.13. The molecule has 0 spiro atoms. The van der Waals surface area contributed by atoms with Gasteiger partial charge in [-0.2, -0.15) is 0 Å². The third kappa shape index (κ3) is 8.86. The fourth-order valence-corrected chi connectivity index (χ4v) is 7.18. The summed E-state index contributed by atoms with van der Waals surface area (Å²) < 4.78 is 0. The van der Waals surface area contributed by atoms with Gasteiger partial charge in [0.05, 0.1) is 12.8 Å².